The normalized spacial score (nSPS) is 10.6. The summed E-state index contributed by atoms with van der Waals surface area (Å²) >= 11 is 7.17. The maximum absolute atomic E-state index is 11.7. The quantitative estimate of drug-likeness (QED) is 0.688. The molecule has 0 aliphatic heterocycles. The van der Waals surface area contributed by atoms with Gasteiger partial charge in [-0.25, -0.2) is 14.5 Å². The molecule has 0 N–H and O–H groups in total. The summed E-state index contributed by atoms with van der Waals surface area (Å²) in [5.74, 6) is -0.107. The lowest BCUT2D eigenvalue weighted by atomic mass is 10.3. The molecule has 3 rings (SSSR count). The second-order valence-corrected chi connectivity index (χ2v) is 5.01. The lowest BCUT2D eigenvalue weighted by Gasteiger charge is -2.03. The summed E-state index contributed by atoms with van der Waals surface area (Å²) in [4.78, 5) is 15.9. The summed E-state index contributed by atoms with van der Waals surface area (Å²) in [6.45, 7) is 0. The Balaban J connectivity index is 2.15. The van der Waals surface area contributed by atoms with Gasteiger partial charge in [0.15, 0.2) is 16.7 Å². The highest BCUT2D eigenvalue weighted by atomic mass is 35.5. The molecule has 0 saturated heterocycles. The number of methoxy groups -OCH3 is 1. The number of carbonyl (C=O) groups is 1. The second-order valence-electron chi connectivity index (χ2n) is 3.91. The third-order valence-corrected chi connectivity index (χ3v) is 3.42. The maximum Gasteiger partial charge on any atom is 0.358 e. The lowest BCUT2D eigenvalue weighted by Crippen LogP contribution is -2.06. The third-order valence-electron chi connectivity index (χ3n) is 2.63. The van der Waals surface area contributed by atoms with Gasteiger partial charge in [-0.1, -0.05) is 11.6 Å². The average Bonchev–Trinajstić information content (AvgIpc) is 3.16. The van der Waals surface area contributed by atoms with Crippen LogP contribution in [-0.2, 0) is 4.74 Å². The van der Waals surface area contributed by atoms with E-state index in [2.05, 4.69) is 25.0 Å². The summed E-state index contributed by atoms with van der Waals surface area (Å²) in [5.41, 5.74) is 3.16. The fourth-order valence-corrected chi connectivity index (χ4v) is 2.35. The van der Waals surface area contributed by atoms with Gasteiger partial charge >= 0.3 is 5.97 Å². The lowest BCUT2D eigenvalue weighted by molar-refractivity contribution is 0.0593. The number of carbonyl (C=O) groups excluding carboxylic acids is 1. The Morgan fingerprint density at radius 3 is 2.86 bits per heavy atom. The van der Waals surface area contributed by atoms with Crippen LogP contribution in [0.3, 0.4) is 0 Å². The van der Waals surface area contributed by atoms with Gasteiger partial charge < -0.3 is 4.74 Å². The fourth-order valence-electron chi connectivity index (χ4n) is 1.70. The predicted octanol–water partition coefficient (Wildman–Crippen LogP) is 2.23. The molecule has 0 aliphatic carbocycles. The minimum Gasteiger partial charge on any atom is -0.464 e. The van der Waals surface area contributed by atoms with E-state index in [9.17, 15) is 4.79 Å². The van der Waals surface area contributed by atoms with E-state index in [4.69, 9.17) is 11.6 Å². The molecule has 3 aromatic rings. The number of hydrogen-bond donors (Lipinski definition) is 0. The summed E-state index contributed by atoms with van der Waals surface area (Å²) in [6, 6.07) is 4.84. The molecule has 0 saturated carbocycles. The molecule has 106 valence electrons. The topological polar surface area (TPSA) is 82.8 Å². The van der Waals surface area contributed by atoms with E-state index in [1.54, 1.807) is 23.7 Å². The number of ether oxygens (including phenoxy) is 1. The van der Waals surface area contributed by atoms with Crippen LogP contribution in [0, 0.1) is 0 Å². The van der Waals surface area contributed by atoms with Gasteiger partial charge in [0.05, 0.1) is 24.0 Å². The van der Waals surface area contributed by atoms with E-state index in [1.807, 2.05) is 5.38 Å². The number of thiazole rings is 1. The zero-order valence-corrected chi connectivity index (χ0v) is 12.3. The van der Waals surface area contributed by atoms with Gasteiger partial charge in [-0.3, -0.25) is 0 Å². The Hall–Kier alpha value is -2.32. The average molecular weight is 322 g/mol. The van der Waals surface area contributed by atoms with Crippen molar-refractivity contribution in [2.75, 3.05) is 7.11 Å². The SMILES string of the molecule is COC(=O)c1cc(-c2cscn2)n(-c2ccc(Cl)nn2)n1. The van der Waals surface area contributed by atoms with E-state index < -0.39 is 5.97 Å². The number of halogens is 1. The summed E-state index contributed by atoms with van der Waals surface area (Å²) < 4.78 is 6.16. The molecular weight excluding hydrogens is 314 g/mol. The van der Waals surface area contributed by atoms with E-state index in [1.165, 1.54) is 23.1 Å². The Bertz CT molecular complexity index is 770. The van der Waals surface area contributed by atoms with Crippen LogP contribution in [0.1, 0.15) is 10.5 Å². The molecular formula is C12H8ClN5O2S. The van der Waals surface area contributed by atoms with Crippen LogP contribution in [0.5, 0.6) is 0 Å². The van der Waals surface area contributed by atoms with Gasteiger partial charge in [0, 0.05) is 11.4 Å². The van der Waals surface area contributed by atoms with Crippen LogP contribution in [0.2, 0.25) is 5.15 Å². The molecule has 0 unspecified atom stereocenters. The molecule has 0 aliphatic rings. The second kappa shape index (κ2) is 5.58. The van der Waals surface area contributed by atoms with Crippen LogP contribution < -0.4 is 0 Å². The van der Waals surface area contributed by atoms with Gasteiger partial charge in [0.1, 0.15) is 0 Å². The minimum absolute atomic E-state index is 0.164. The molecule has 0 bridgehead atoms. The van der Waals surface area contributed by atoms with Crippen molar-refractivity contribution in [1.29, 1.82) is 0 Å². The van der Waals surface area contributed by atoms with Crippen LogP contribution in [-0.4, -0.2) is 38.0 Å². The minimum atomic E-state index is -0.535. The first-order valence-electron chi connectivity index (χ1n) is 5.75. The standard InChI is InChI=1S/C12H8ClN5O2S/c1-20-12(19)7-4-9(8-5-21-6-14-8)18(17-7)11-3-2-10(13)15-16-11/h2-6H,1H3. The Kier molecular flexibility index (Phi) is 3.63. The molecule has 3 heterocycles. The number of rotatable bonds is 3. The first-order valence-corrected chi connectivity index (χ1v) is 7.07. The van der Waals surface area contributed by atoms with Crippen molar-refractivity contribution >= 4 is 28.9 Å². The highest BCUT2D eigenvalue weighted by Crippen LogP contribution is 2.23. The molecule has 0 aromatic carbocycles. The zero-order valence-electron chi connectivity index (χ0n) is 10.7. The first-order chi connectivity index (χ1) is 10.2. The summed E-state index contributed by atoms with van der Waals surface area (Å²) in [7, 11) is 1.30. The van der Waals surface area contributed by atoms with Crippen LogP contribution in [0.15, 0.2) is 29.1 Å². The third kappa shape index (κ3) is 2.63. The highest BCUT2D eigenvalue weighted by Gasteiger charge is 2.18. The fraction of sp³-hybridized carbons (Fsp3) is 0.0833. The molecule has 0 radical (unpaired) electrons. The predicted molar refractivity (Wildman–Crippen MR) is 76.6 cm³/mol. The van der Waals surface area contributed by atoms with Crippen molar-refractivity contribution in [3.63, 3.8) is 0 Å². The molecule has 7 nitrogen and oxygen atoms in total. The van der Waals surface area contributed by atoms with Crippen LogP contribution in [0.4, 0.5) is 0 Å². The molecule has 0 amide bonds. The Morgan fingerprint density at radius 2 is 2.24 bits per heavy atom. The van der Waals surface area contributed by atoms with Crippen molar-refractivity contribution in [3.8, 4) is 17.2 Å². The molecule has 21 heavy (non-hydrogen) atoms. The zero-order chi connectivity index (χ0) is 14.8. The highest BCUT2D eigenvalue weighted by molar-refractivity contribution is 7.07. The van der Waals surface area contributed by atoms with E-state index in [0.717, 1.165) is 0 Å². The van der Waals surface area contributed by atoms with Gasteiger partial charge in [0.25, 0.3) is 0 Å². The van der Waals surface area contributed by atoms with E-state index >= 15 is 0 Å². The molecule has 9 heteroatoms. The van der Waals surface area contributed by atoms with Gasteiger partial charge in [-0.15, -0.1) is 21.5 Å². The van der Waals surface area contributed by atoms with Crippen molar-refractivity contribution in [3.05, 3.63) is 39.9 Å². The van der Waals surface area contributed by atoms with Crippen LogP contribution in [0.25, 0.3) is 17.2 Å². The maximum atomic E-state index is 11.7. The number of aromatic nitrogens is 5. The smallest absolute Gasteiger partial charge is 0.358 e. The Labute approximate surface area is 128 Å². The van der Waals surface area contributed by atoms with Crippen LogP contribution >= 0.6 is 22.9 Å². The number of hydrogen-bond acceptors (Lipinski definition) is 7. The Morgan fingerprint density at radius 1 is 1.38 bits per heavy atom. The molecule has 0 spiro atoms. The number of esters is 1. The van der Waals surface area contributed by atoms with E-state index in [0.29, 0.717) is 17.2 Å². The molecule has 3 aromatic heterocycles. The van der Waals surface area contributed by atoms with Gasteiger partial charge in [-0.05, 0) is 12.1 Å². The van der Waals surface area contributed by atoms with E-state index in [-0.39, 0.29) is 10.8 Å². The van der Waals surface area contributed by atoms with Crippen molar-refractivity contribution in [1.82, 2.24) is 25.0 Å². The summed E-state index contributed by atoms with van der Waals surface area (Å²) in [6.07, 6.45) is 0. The summed E-state index contributed by atoms with van der Waals surface area (Å²) in [5, 5.41) is 14.0. The monoisotopic (exact) mass is 321 g/mol. The molecule has 0 atom stereocenters. The van der Waals surface area contributed by atoms with Crippen molar-refractivity contribution in [2.24, 2.45) is 0 Å². The molecule has 0 fully saturated rings. The van der Waals surface area contributed by atoms with Crippen molar-refractivity contribution < 1.29 is 9.53 Å². The van der Waals surface area contributed by atoms with Gasteiger partial charge in [-0.2, -0.15) is 5.10 Å². The van der Waals surface area contributed by atoms with Gasteiger partial charge in [0.2, 0.25) is 0 Å². The largest absolute Gasteiger partial charge is 0.464 e. The van der Waals surface area contributed by atoms with Crippen molar-refractivity contribution in [2.45, 2.75) is 0 Å². The number of nitrogens with zero attached hydrogens (tertiary/aromatic N) is 5. The first kappa shape index (κ1) is 13.7.